The molecule has 0 bridgehead atoms. The Labute approximate surface area is 393 Å². The Kier molecular flexibility index (Phi) is 18.9. The number of carbonyl (C=O) groups is 3. The molecule has 332 valence electrons. The van der Waals surface area contributed by atoms with Crippen LogP contribution in [0.3, 0.4) is 0 Å². The van der Waals surface area contributed by atoms with Gasteiger partial charge >= 0.3 is 11.9 Å². The summed E-state index contributed by atoms with van der Waals surface area (Å²) in [6.45, 7) is 8.10. The summed E-state index contributed by atoms with van der Waals surface area (Å²) in [4.78, 5) is 42.7. The lowest BCUT2D eigenvalue weighted by Crippen LogP contribution is -3.00. The van der Waals surface area contributed by atoms with Gasteiger partial charge in [0.1, 0.15) is 18.8 Å². The fourth-order valence-corrected chi connectivity index (χ4v) is 7.85. The van der Waals surface area contributed by atoms with E-state index in [1.54, 1.807) is 12.2 Å². The van der Waals surface area contributed by atoms with Crippen molar-refractivity contribution >= 4 is 53.4 Å². The van der Waals surface area contributed by atoms with E-state index in [-0.39, 0.29) is 57.4 Å². The van der Waals surface area contributed by atoms with Crippen LogP contribution in [0.1, 0.15) is 22.3 Å². The predicted octanol–water partition coefficient (Wildman–Crippen LogP) is 1.48. The standard InChI is InChI=1S/C51H57N4O6.2BrH/c1-54(38-44(50(58)60-3)35-42-11-7-5-8-12-42)31-27-52(28-32-54)46-21-15-40(16-22-46)19-25-48(56)37-49(57)26-20-41-17-23-47(24-18-41)53-29-33-55(2,34-30-53)39-45(51(59)61-4)36-43-13-9-6-10-14-43;;/h5-26,35-37H,27-34,38-39H2,1-4H3;2*1H/q+1;;/p-1/b25-19+,26-20+,44-35-,45-36-;;. The number of ketones is 1. The first-order valence-electron chi connectivity index (χ1n) is 20.8. The summed E-state index contributed by atoms with van der Waals surface area (Å²) in [5.74, 6) is -1.03. The Morgan fingerprint density at radius 1 is 0.556 bits per heavy atom. The van der Waals surface area contributed by atoms with E-state index in [9.17, 15) is 19.5 Å². The molecule has 0 unspecified atom stereocenters. The molecule has 0 radical (unpaired) electrons. The quantitative estimate of drug-likeness (QED) is 0.0631. The molecule has 4 aromatic rings. The highest BCUT2D eigenvalue weighted by Gasteiger charge is 2.33. The van der Waals surface area contributed by atoms with Crippen LogP contribution in [0.5, 0.6) is 0 Å². The number of halogens is 2. The minimum absolute atomic E-state index is 0. The Hall–Kier alpha value is -5.53. The van der Waals surface area contributed by atoms with E-state index in [1.165, 1.54) is 32.4 Å². The van der Waals surface area contributed by atoms with E-state index < -0.39 is 0 Å². The molecule has 0 aliphatic carbocycles. The fourth-order valence-electron chi connectivity index (χ4n) is 7.85. The number of aliphatic hydroxyl groups is 1. The average molecular weight is 983 g/mol. The molecule has 4 aromatic carbocycles. The molecule has 1 N–H and O–H groups in total. The molecule has 0 aromatic heterocycles. The van der Waals surface area contributed by atoms with Crippen LogP contribution in [0.4, 0.5) is 11.4 Å². The maximum Gasteiger partial charge on any atom is 0.339 e. The second-order valence-electron chi connectivity index (χ2n) is 16.4. The van der Waals surface area contributed by atoms with E-state index in [2.05, 4.69) is 48.2 Å². The highest BCUT2D eigenvalue weighted by atomic mass is 79.9. The van der Waals surface area contributed by atoms with Gasteiger partial charge in [0.2, 0.25) is 0 Å². The number of benzene rings is 4. The fraction of sp³-hybridized carbons (Fsp3) is 0.275. The summed E-state index contributed by atoms with van der Waals surface area (Å²) in [7, 11) is 7.24. The summed E-state index contributed by atoms with van der Waals surface area (Å²) < 4.78 is 11.7. The van der Waals surface area contributed by atoms with E-state index in [0.717, 1.165) is 95.0 Å². The van der Waals surface area contributed by atoms with Gasteiger partial charge in [-0.25, -0.2) is 9.59 Å². The Morgan fingerprint density at radius 2 is 0.921 bits per heavy atom. The number of ether oxygens (including phenoxy) is 2. The second kappa shape index (κ2) is 23.8. The number of allylic oxidation sites excluding steroid dienone is 3. The Morgan fingerprint density at radius 3 is 1.29 bits per heavy atom. The van der Waals surface area contributed by atoms with E-state index in [0.29, 0.717) is 24.2 Å². The number of rotatable bonds is 15. The number of carbonyl (C=O) groups excluding carboxylic acids is 3. The Bertz CT molecular complexity index is 2280. The third-order valence-electron chi connectivity index (χ3n) is 11.6. The van der Waals surface area contributed by atoms with Crippen molar-refractivity contribution in [3.05, 3.63) is 167 Å². The molecule has 2 aliphatic heterocycles. The van der Waals surface area contributed by atoms with Gasteiger partial charge in [0.05, 0.1) is 91.8 Å². The largest absolute Gasteiger partial charge is 1.00 e. The normalized spacial score (nSPS) is 16.5. The first-order chi connectivity index (χ1) is 29.4. The number of hydrogen-bond acceptors (Lipinski definition) is 8. The number of aliphatic hydroxyl groups excluding tert-OH is 1. The van der Waals surface area contributed by atoms with Gasteiger partial charge in [-0.15, -0.1) is 0 Å². The van der Waals surface area contributed by atoms with E-state index in [1.807, 2.05) is 97.1 Å². The summed E-state index contributed by atoms with van der Waals surface area (Å²) in [5.41, 5.74) is 7.30. The molecular formula is C51H58Br2N4O6. The number of piperazine rings is 2. The lowest BCUT2D eigenvalue weighted by molar-refractivity contribution is -0.905. The number of anilines is 2. The van der Waals surface area contributed by atoms with Crippen molar-refractivity contribution in [2.75, 3.05) is 104 Å². The van der Waals surface area contributed by atoms with Gasteiger partial charge in [-0.05, 0) is 70.8 Å². The zero-order chi connectivity index (χ0) is 43.2. The van der Waals surface area contributed by atoms with Crippen LogP contribution in [-0.2, 0) is 23.9 Å². The Balaban J connectivity index is 0.00000436. The molecule has 10 nitrogen and oxygen atoms in total. The second-order valence-corrected chi connectivity index (χ2v) is 16.4. The number of esters is 2. The van der Waals surface area contributed by atoms with Crippen molar-refractivity contribution in [2.45, 2.75) is 0 Å². The smallest absolute Gasteiger partial charge is 0.339 e. The topological polar surface area (TPSA) is 96.4 Å². The van der Waals surface area contributed by atoms with Gasteiger partial charge in [0.15, 0.2) is 5.78 Å². The SMILES string of the molecule is COC(=O)/C(=C\c1ccccc1)C[N+]1(C)CCN(c2ccc(/C=C/C(=O)/C=C(O)/C=C/c3ccc(N4CC[N+](C)(C/C(=C/c5ccccc5)C(=O)OC)CC4)cc3)cc2)CC1.[Br-].[Br-]. The molecule has 0 atom stereocenters. The molecule has 2 heterocycles. The van der Waals surface area contributed by atoms with E-state index in [4.69, 9.17) is 9.47 Å². The molecular weight excluding hydrogens is 924 g/mol. The van der Waals surface area contributed by atoms with Gasteiger partial charge in [0, 0.05) is 17.5 Å². The summed E-state index contributed by atoms with van der Waals surface area (Å²) >= 11 is 0. The number of methoxy groups -OCH3 is 2. The number of hydrogen-bond donors (Lipinski definition) is 1. The zero-order valence-corrected chi connectivity index (χ0v) is 39.7. The van der Waals surface area contributed by atoms with Gasteiger partial charge in [-0.1, -0.05) is 97.1 Å². The zero-order valence-electron chi connectivity index (χ0n) is 36.5. The number of nitrogens with zero attached hydrogens (tertiary/aromatic N) is 4. The lowest BCUT2D eigenvalue weighted by Gasteiger charge is -2.43. The summed E-state index contributed by atoms with van der Waals surface area (Å²) in [6, 6.07) is 35.9. The third kappa shape index (κ3) is 14.8. The van der Waals surface area contributed by atoms with Crippen LogP contribution in [0, 0.1) is 0 Å². The van der Waals surface area contributed by atoms with Gasteiger partial charge in [0.25, 0.3) is 0 Å². The van der Waals surface area contributed by atoms with Crippen LogP contribution < -0.4 is 43.8 Å². The summed E-state index contributed by atoms with van der Waals surface area (Å²) in [6.07, 6.45) is 11.6. The van der Waals surface area contributed by atoms with Crippen molar-refractivity contribution in [3.63, 3.8) is 0 Å². The van der Waals surface area contributed by atoms with E-state index >= 15 is 0 Å². The molecule has 2 fully saturated rings. The first kappa shape index (κ1) is 50.1. The van der Waals surface area contributed by atoms with Gasteiger partial charge in [-0.2, -0.15) is 0 Å². The molecule has 6 rings (SSSR count). The highest BCUT2D eigenvalue weighted by Crippen LogP contribution is 2.24. The maximum atomic E-state index is 12.7. The minimum Gasteiger partial charge on any atom is -1.00 e. The minimum atomic E-state index is -0.313. The van der Waals surface area contributed by atoms with Crippen LogP contribution in [-0.4, -0.2) is 126 Å². The predicted molar refractivity (Wildman–Crippen MR) is 246 cm³/mol. The van der Waals surface area contributed by atoms with Crippen molar-refractivity contribution in [1.29, 1.82) is 0 Å². The number of quaternary nitrogens is 2. The average Bonchev–Trinajstić information content (AvgIpc) is 3.28. The maximum absolute atomic E-state index is 12.7. The highest BCUT2D eigenvalue weighted by molar-refractivity contribution is 6.02. The number of likely N-dealkylation sites (N-methyl/N-ethyl adjacent to an activating group) is 2. The molecule has 12 heteroatoms. The van der Waals surface area contributed by atoms with Crippen molar-refractivity contribution in [2.24, 2.45) is 0 Å². The molecule has 0 spiro atoms. The van der Waals surface area contributed by atoms with Crippen LogP contribution in [0.2, 0.25) is 0 Å². The van der Waals surface area contributed by atoms with Crippen molar-refractivity contribution in [3.8, 4) is 0 Å². The monoisotopic (exact) mass is 980 g/mol. The van der Waals surface area contributed by atoms with Gasteiger partial charge < -0.3 is 67.3 Å². The molecule has 0 amide bonds. The molecule has 63 heavy (non-hydrogen) atoms. The van der Waals surface area contributed by atoms with Crippen molar-refractivity contribution in [1.82, 2.24) is 0 Å². The molecule has 2 aliphatic rings. The van der Waals surface area contributed by atoms with Gasteiger partial charge in [-0.3, -0.25) is 4.79 Å². The molecule has 2 saturated heterocycles. The van der Waals surface area contributed by atoms with Crippen molar-refractivity contribution < 1.29 is 71.9 Å². The lowest BCUT2D eigenvalue weighted by atomic mass is 10.1. The first-order valence-corrected chi connectivity index (χ1v) is 20.8. The van der Waals surface area contributed by atoms with Crippen LogP contribution in [0.15, 0.2) is 144 Å². The van der Waals surface area contributed by atoms with Crippen LogP contribution >= 0.6 is 0 Å². The third-order valence-corrected chi connectivity index (χ3v) is 11.6. The summed E-state index contributed by atoms with van der Waals surface area (Å²) in [5, 5.41) is 10.5. The van der Waals surface area contributed by atoms with Crippen LogP contribution in [0.25, 0.3) is 24.3 Å². The molecule has 0 saturated carbocycles.